The zero-order valence-corrected chi connectivity index (χ0v) is 19.2. The summed E-state index contributed by atoms with van der Waals surface area (Å²) >= 11 is 18.8. The number of hydrogen-bond acceptors (Lipinski definition) is 3. The Hall–Kier alpha value is -2.07. The second-order valence-corrected chi connectivity index (χ2v) is 7.98. The number of para-hydroxylation sites is 1. The molecule has 3 rings (SSSR count). The molecule has 0 saturated heterocycles. The molecule has 0 saturated carbocycles. The molecule has 0 radical (unpaired) electrons. The highest BCUT2D eigenvalue weighted by Gasteiger charge is 2.14. The Morgan fingerprint density at radius 1 is 0.833 bits per heavy atom. The minimum Gasteiger partial charge on any atom is -0.490 e. The van der Waals surface area contributed by atoms with Crippen LogP contribution < -0.4 is 14.8 Å². The zero-order chi connectivity index (χ0) is 21.5. The first kappa shape index (κ1) is 22.6. The van der Waals surface area contributed by atoms with Crippen LogP contribution in [-0.2, 0) is 19.6 Å². The van der Waals surface area contributed by atoms with Crippen LogP contribution in [0.3, 0.4) is 0 Å². The fourth-order valence-electron chi connectivity index (χ4n) is 3.11. The molecular formula is C24H24Cl3NO2. The summed E-state index contributed by atoms with van der Waals surface area (Å²) in [5, 5.41) is 5.10. The van der Waals surface area contributed by atoms with Gasteiger partial charge in [-0.25, -0.2) is 0 Å². The van der Waals surface area contributed by atoms with Crippen LogP contribution >= 0.6 is 34.8 Å². The van der Waals surface area contributed by atoms with Gasteiger partial charge in [0.25, 0.3) is 0 Å². The Kier molecular flexibility index (Phi) is 8.15. The average Bonchev–Trinajstić information content (AvgIpc) is 2.73. The van der Waals surface area contributed by atoms with Crippen molar-refractivity contribution in [3.63, 3.8) is 0 Å². The number of benzene rings is 3. The van der Waals surface area contributed by atoms with Gasteiger partial charge >= 0.3 is 0 Å². The Morgan fingerprint density at radius 2 is 1.63 bits per heavy atom. The van der Waals surface area contributed by atoms with E-state index in [9.17, 15) is 0 Å². The van der Waals surface area contributed by atoms with Crippen LogP contribution in [0.25, 0.3) is 0 Å². The zero-order valence-electron chi connectivity index (χ0n) is 17.0. The summed E-state index contributed by atoms with van der Waals surface area (Å²) in [5.74, 6) is 1.11. The molecule has 1 N–H and O–H groups in total. The van der Waals surface area contributed by atoms with Crippen molar-refractivity contribution in [1.29, 1.82) is 0 Å². The third-order valence-corrected chi connectivity index (χ3v) is 5.51. The van der Waals surface area contributed by atoms with Crippen molar-refractivity contribution in [1.82, 2.24) is 0 Å². The van der Waals surface area contributed by atoms with E-state index in [1.807, 2.05) is 37.3 Å². The summed E-state index contributed by atoms with van der Waals surface area (Å²) in [6.07, 6.45) is 0.966. The predicted octanol–water partition coefficient (Wildman–Crippen LogP) is 7.80. The van der Waals surface area contributed by atoms with E-state index in [1.54, 1.807) is 12.1 Å². The summed E-state index contributed by atoms with van der Waals surface area (Å²) in [6, 6.07) is 17.4. The molecule has 0 unspecified atom stereocenters. The fourth-order valence-corrected chi connectivity index (χ4v) is 3.86. The lowest BCUT2D eigenvalue weighted by molar-refractivity contribution is 0.269. The van der Waals surface area contributed by atoms with Crippen molar-refractivity contribution in [3.05, 3.63) is 86.4 Å². The number of rotatable bonds is 9. The van der Waals surface area contributed by atoms with E-state index >= 15 is 0 Å². The lowest BCUT2D eigenvalue weighted by Gasteiger charge is -2.17. The monoisotopic (exact) mass is 463 g/mol. The van der Waals surface area contributed by atoms with Crippen molar-refractivity contribution in [2.75, 3.05) is 11.9 Å². The highest BCUT2D eigenvalue weighted by Crippen LogP contribution is 2.38. The molecule has 0 aliphatic heterocycles. The predicted molar refractivity (Wildman–Crippen MR) is 127 cm³/mol. The molecule has 0 aliphatic carbocycles. The second kappa shape index (κ2) is 10.8. The Labute approximate surface area is 192 Å². The first-order valence-electron chi connectivity index (χ1n) is 9.85. The maximum absolute atomic E-state index is 6.55. The average molecular weight is 465 g/mol. The van der Waals surface area contributed by atoms with Gasteiger partial charge in [0.05, 0.1) is 11.6 Å². The van der Waals surface area contributed by atoms with Crippen molar-refractivity contribution in [2.24, 2.45) is 0 Å². The number of halogens is 3. The molecule has 0 amide bonds. The minimum absolute atomic E-state index is 0.261. The van der Waals surface area contributed by atoms with Crippen molar-refractivity contribution in [3.8, 4) is 11.5 Å². The van der Waals surface area contributed by atoms with Gasteiger partial charge in [0.2, 0.25) is 0 Å². The van der Waals surface area contributed by atoms with Gasteiger partial charge in [0.1, 0.15) is 6.61 Å². The molecule has 0 aromatic heterocycles. The minimum atomic E-state index is 0.261. The van der Waals surface area contributed by atoms with Gasteiger partial charge in [-0.3, -0.25) is 0 Å². The van der Waals surface area contributed by atoms with Gasteiger partial charge in [-0.15, -0.1) is 0 Å². The molecule has 3 aromatic rings. The largest absolute Gasteiger partial charge is 0.490 e. The van der Waals surface area contributed by atoms with Crippen molar-refractivity contribution >= 4 is 40.5 Å². The van der Waals surface area contributed by atoms with Gasteiger partial charge < -0.3 is 14.8 Å². The molecule has 0 bridgehead atoms. The molecule has 0 aliphatic rings. The van der Waals surface area contributed by atoms with Crippen LogP contribution in [0.2, 0.25) is 15.1 Å². The number of aryl methyl sites for hydroxylation is 1. The summed E-state index contributed by atoms with van der Waals surface area (Å²) in [4.78, 5) is 0. The van der Waals surface area contributed by atoms with Gasteiger partial charge in [0, 0.05) is 27.8 Å². The number of ether oxygens (including phenoxy) is 2. The number of hydrogen-bond donors (Lipinski definition) is 1. The van der Waals surface area contributed by atoms with Crippen LogP contribution in [0.5, 0.6) is 11.5 Å². The number of anilines is 1. The van der Waals surface area contributed by atoms with Gasteiger partial charge in [0.15, 0.2) is 11.5 Å². The fraction of sp³-hybridized carbons (Fsp3) is 0.250. The van der Waals surface area contributed by atoms with Crippen molar-refractivity contribution in [2.45, 2.75) is 33.4 Å². The maximum atomic E-state index is 6.55. The van der Waals surface area contributed by atoms with E-state index in [0.717, 1.165) is 23.2 Å². The van der Waals surface area contributed by atoms with Crippen LogP contribution in [0, 0.1) is 0 Å². The van der Waals surface area contributed by atoms with Crippen LogP contribution in [-0.4, -0.2) is 6.61 Å². The van der Waals surface area contributed by atoms with E-state index in [0.29, 0.717) is 39.7 Å². The summed E-state index contributed by atoms with van der Waals surface area (Å²) in [5.41, 5.74) is 4.22. The normalized spacial score (nSPS) is 10.7. The SMILES string of the molecule is CCOc1cc(CNc2ccccc2CC)cc(Cl)c1OCc1ccc(Cl)cc1Cl. The Balaban J connectivity index is 1.77. The van der Waals surface area contributed by atoms with Crippen LogP contribution in [0.1, 0.15) is 30.5 Å². The lowest BCUT2D eigenvalue weighted by atomic mass is 10.1. The molecule has 30 heavy (non-hydrogen) atoms. The number of nitrogens with one attached hydrogen (secondary N) is 1. The maximum Gasteiger partial charge on any atom is 0.180 e. The summed E-state index contributed by atoms with van der Waals surface area (Å²) in [7, 11) is 0. The first-order valence-corrected chi connectivity index (χ1v) is 11.0. The molecule has 0 atom stereocenters. The standard InChI is InChI=1S/C24H24Cl3NO2/c1-3-17-7-5-6-8-22(17)28-14-16-11-21(27)24(23(12-16)29-4-2)30-15-18-9-10-19(25)13-20(18)26/h5-13,28H,3-4,14-15H2,1-2H3. The third-order valence-electron chi connectivity index (χ3n) is 4.64. The lowest BCUT2D eigenvalue weighted by Crippen LogP contribution is -2.05. The quantitative estimate of drug-likeness (QED) is 0.350. The van der Waals surface area contributed by atoms with Gasteiger partial charge in [-0.05, 0) is 54.8 Å². The van der Waals surface area contributed by atoms with E-state index in [-0.39, 0.29) is 6.61 Å². The van der Waals surface area contributed by atoms with E-state index in [4.69, 9.17) is 44.3 Å². The molecule has 0 fully saturated rings. The van der Waals surface area contributed by atoms with Crippen LogP contribution in [0.4, 0.5) is 5.69 Å². The van der Waals surface area contributed by atoms with E-state index in [1.165, 1.54) is 5.56 Å². The Bertz CT molecular complexity index is 1010. The smallest absolute Gasteiger partial charge is 0.180 e. The summed E-state index contributed by atoms with van der Waals surface area (Å²) < 4.78 is 11.8. The molecule has 0 heterocycles. The molecule has 158 valence electrons. The van der Waals surface area contributed by atoms with Crippen molar-refractivity contribution < 1.29 is 9.47 Å². The molecule has 0 spiro atoms. The highest BCUT2D eigenvalue weighted by molar-refractivity contribution is 6.35. The van der Waals surface area contributed by atoms with Crippen LogP contribution in [0.15, 0.2) is 54.6 Å². The second-order valence-electron chi connectivity index (χ2n) is 6.73. The third kappa shape index (κ3) is 5.75. The van der Waals surface area contributed by atoms with E-state index in [2.05, 4.69) is 24.4 Å². The molecule has 6 heteroatoms. The van der Waals surface area contributed by atoms with E-state index < -0.39 is 0 Å². The summed E-state index contributed by atoms with van der Waals surface area (Å²) in [6.45, 7) is 5.46. The highest BCUT2D eigenvalue weighted by atomic mass is 35.5. The topological polar surface area (TPSA) is 30.5 Å². The molecular weight excluding hydrogens is 441 g/mol. The van der Waals surface area contributed by atoms with Gasteiger partial charge in [-0.1, -0.05) is 66.0 Å². The molecule has 3 nitrogen and oxygen atoms in total. The Morgan fingerprint density at radius 3 is 2.37 bits per heavy atom. The molecule has 3 aromatic carbocycles. The first-order chi connectivity index (χ1) is 14.5. The van der Waals surface area contributed by atoms with Gasteiger partial charge in [-0.2, -0.15) is 0 Å².